The number of H-pyrrole nitrogens is 1. The largest absolute Gasteiger partial charge is 0.492 e. The first-order valence-electron chi connectivity index (χ1n) is 7.22. The number of anilines is 1. The average molecular weight is 323 g/mol. The van der Waals surface area contributed by atoms with Crippen LogP contribution in [0.2, 0.25) is 0 Å². The molecule has 0 radical (unpaired) electrons. The lowest BCUT2D eigenvalue weighted by atomic mass is 9.96. The highest BCUT2D eigenvalue weighted by Crippen LogP contribution is 2.34. The van der Waals surface area contributed by atoms with Crippen LogP contribution in [0.5, 0.6) is 5.75 Å². The Balaban J connectivity index is 2.63. The van der Waals surface area contributed by atoms with Crippen molar-refractivity contribution in [2.45, 2.75) is 0 Å². The molecule has 2 rings (SSSR count). The summed E-state index contributed by atoms with van der Waals surface area (Å²) in [4.78, 5) is 16.3. The van der Waals surface area contributed by atoms with Crippen LogP contribution in [0.25, 0.3) is 11.1 Å². The van der Waals surface area contributed by atoms with Gasteiger partial charge in [0, 0.05) is 17.7 Å². The van der Waals surface area contributed by atoms with Gasteiger partial charge in [-0.2, -0.15) is 10.5 Å². The zero-order valence-corrected chi connectivity index (χ0v) is 13.5. The van der Waals surface area contributed by atoms with Gasteiger partial charge in [-0.25, -0.2) is 0 Å². The molecular weight excluding hydrogens is 306 g/mol. The molecule has 1 heterocycles. The van der Waals surface area contributed by atoms with Gasteiger partial charge in [0.05, 0.1) is 0 Å². The molecule has 0 amide bonds. The minimum absolute atomic E-state index is 0.0507. The van der Waals surface area contributed by atoms with Crippen LogP contribution in [0.3, 0.4) is 0 Å². The lowest BCUT2D eigenvalue weighted by Crippen LogP contribution is -2.20. The van der Waals surface area contributed by atoms with E-state index in [9.17, 15) is 15.3 Å². The summed E-state index contributed by atoms with van der Waals surface area (Å²) in [7, 11) is 3.85. The van der Waals surface area contributed by atoms with Crippen LogP contribution in [0.4, 0.5) is 5.82 Å². The number of rotatable bonds is 5. The standard InChI is InChI=1S/C17H17N5O2/c1-22(2)7-8-24-14-6-4-3-5-11(14)15-12(9-18)16(20)21-17(23)13(15)10-19/h3-6H,7-8H2,1-2H3,(H3,20,21,23). The van der Waals surface area contributed by atoms with E-state index in [1.54, 1.807) is 24.3 Å². The molecule has 0 saturated carbocycles. The van der Waals surface area contributed by atoms with Crippen molar-refractivity contribution in [2.24, 2.45) is 0 Å². The van der Waals surface area contributed by atoms with Crippen molar-refractivity contribution in [1.29, 1.82) is 10.5 Å². The SMILES string of the molecule is CN(C)CCOc1ccccc1-c1c(C#N)c(N)[nH]c(=O)c1C#N. The number of aromatic amines is 1. The highest BCUT2D eigenvalue weighted by Gasteiger charge is 2.20. The zero-order valence-electron chi connectivity index (χ0n) is 13.5. The van der Waals surface area contributed by atoms with E-state index in [-0.39, 0.29) is 22.5 Å². The lowest BCUT2D eigenvalue weighted by Gasteiger charge is -2.15. The quantitative estimate of drug-likeness (QED) is 0.856. The van der Waals surface area contributed by atoms with Crippen LogP contribution in [0, 0.1) is 22.7 Å². The Morgan fingerprint density at radius 2 is 1.88 bits per heavy atom. The van der Waals surface area contributed by atoms with E-state index in [4.69, 9.17) is 10.5 Å². The summed E-state index contributed by atoms with van der Waals surface area (Å²) in [5.41, 5.74) is 5.69. The highest BCUT2D eigenvalue weighted by molar-refractivity contribution is 5.83. The van der Waals surface area contributed by atoms with Crippen LogP contribution in [-0.2, 0) is 0 Å². The second-order valence-corrected chi connectivity index (χ2v) is 5.36. The minimum atomic E-state index is -0.632. The molecular formula is C17H17N5O2. The van der Waals surface area contributed by atoms with Crippen molar-refractivity contribution in [1.82, 2.24) is 9.88 Å². The van der Waals surface area contributed by atoms with Gasteiger partial charge in [0.15, 0.2) is 0 Å². The van der Waals surface area contributed by atoms with Gasteiger partial charge < -0.3 is 20.4 Å². The average Bonchev–Trinajstić information content (AvgIpc) is 2.54. The third kappa shape index (κ3) is 3.37. The van der Waals surface area contributed by atoms with Crippen LogP contribution in [0.1, 0.15) is 11.1 Å². The van der Waals surface area contributed by atoms with Crippen molar-refractivity contribution in [3.05, 3.63) is 45.7 Å². The number of nitrogens with two attached hydrogens (primary N) is 1. The van der Waals surface area contributed by atoms with Crippen LogP contribution < -0.4 is 16.0 Å². The Morgan fingerprint density at radius 1 is 1.21 bits per heavy atom. The van der Waals surface area contributed by atoms with Crippen LogP contribution >= 0.6 is 0 Å². The molecule has 1 aromatic carbocycles. The molecule has 7 nitrogen and oxygen atoms in total. The Labute approximate surface area is 139 Å². The summed E-state index contributed by atoms with van der Waals surface area (Å²) < 4.78 is 5.77. The Bertz CT molecular complexity index is 887. The van der Waals surface area contributed by atoms with E-state index in [0.717, 1.165) is 0 Å². The number of hydrogen-bond donors (Lipinski definition) is 2. The third-order valence-corrected chi connectivity index (χ3v) is 3.42. The van der Waals surface area contributed by atoms with Gasteiger partial charge in [0.1, 0.15) is 41.4 Å². The number of nitrogens with one attached hydrogen (secondary N) is 1. The topological polar surface area (TPSA) is 119 Å². The Hall–Kier alpha value is -3.29. The number of aromatic nitrogens is 1. The first-order chi connectivity index (χ1) is 11.5. The maximum absolute atomic E-state index is 12.0. The molecule has 0 spiro atoms. The third-order valence-electron chi connectivity index (χ3n) is 3.42. The monoisotopic (exact) mass is 323 g/mol. The maximum atomic E-state index is 12.0. The fourth-order valence-electron chi connectivity index (χ4n) is 2.25. The number of hydrogen-bond acceptors (Lipinski definition) is 6. The smallest absolute Gasteiger partial charge is 0.268 e. The predicted molar refractivity (Wildman–Crippen MR) is 90.4 cm³/mol. The molecule has 0 bridgehead atoms. The normalized spacial score (nSPS) is 10.2. The van der Waals surface area contributed by atoms with Gasteiger partial charge in [-0.15, -0.1) is 0 Å². The minimum Gasteiger partial charge on any atom is -0.492 e. The first-order valence-corrected chi connectivity index (χ1v) is 7.22. The Morgan fingerprint density at radius 3 is 2.50 bits per heavy atom. The number of ether oxygens (including phenoxy) is 1. The molecule has 0 aliphatic rings. The van der Waals surface area contributed by atoms with E-state index in [1.165, 1.54) is 0 Å². The summed E-state index contributed by atoms with van der Waals surface area (Å²) in [6.07, 6.45) is 0. The number of benzene rings is 1. The number of nitrogens with zero attached hydrogens (tertiary/aromatic N) is 3. The van der Waals surface area contributed by atoms with Gasteiger partial charge >= 0.3 is 0 Å². The van der Waals surface area contributed by atoms with Crippen molar-refractivity contribution in [3.8, 4) is 29.0 Å². The van der Waals surface area contributed by atoms with E-state index in [0.29, 0.717) is 24.5 Å². The van der Waals surface area contributed by atoms with E-state index < -0.39 is 5.56 Å². The van der Waals surface area contributed by atoms with Crippen LogP contribution in [-0.4, -0.2) is 37.1 Å². The van der Waals surface area contributed by atoms with Crippen LogP contribution in [0.15, 0.2) is 29.1 Å². The van der Waals surface area contributed by atoms with Crippen molar-refractivity contribution >= 4 is 5.82 Å². The number of likely N-dealkylation sites (N-methyl/N-ethyl adjacent to an activating group) is 1. The molecule has 2 aromatic rings. The van der Waals surface area contributed by atoms with E-state index in [1.807, 2.05) is 31.1 Å². The first kappa shape index (κ1) is 17.1. The molecule has 0 fully saturated rings. The summed E-state index contributed by atoms with van der Waals surface area (Å²) in [5.74, 6) is 0.414. The molecule has 1 aromatic heterocycles. The second-order valence-electron chi connectivity index (χ2n) is 5.36. The van der Waals surface area contributed by atoms with Gasteiger partial charge in [-0.05, 0) is 20.2 Å². The van der Waals surface area contributed by atoms with Gasteiger partial charge in [-0.3, -0.25) is 4.79 Å². The predicted octanol–water partition coefficient (Wildman–Crippen LogP) is 1.31. The lowest BCUT2D eigenvalue weighted by molar-refractivity contribution is 0.262. The number of para-hydroxylation sites is 1. The highest BCUT2D eigenvalue weighted by atomic mass is 16.5. The molecule has 122 valence electrons. The molecule has 24 heavy (non-hydrogen) atoms. The summed E-state index contributed by atoms with van der Waals surface area (Å²) in [5, 5.41) is 18.7. The molecule has 7 heteroatoms. The number of nitrogen functional groups attached to an aromatic ring is 1. The summed E-state index contributed by atoms with van der Waals surface area (Å²) >= 11 is 0. The van der Waals surface area contributed by atoms with Crippen molar-refractivity contribution in [2.75, 3.05) is 33.0 Å². The van der Waals surface area contributed by atoms with Gasteiger partial charge in [0.2, 0.25) is 0 Å². The second kappa shape index (κ2) is 7.32. The van der Waals surface area contributed by atoms with Crippen molar-refractivity contribution < 1.29 is 4.74 Å². The molecule has 0 atom stereocenters. The van der Waals surface area contributed by atoms with Gasteiger partial charge in [0.25, 0.3) is 5.56 Å². The fraction of sp³-hybridized carbons (Fsp3) is 0.235. The van der Waals surface area contributed by atoms with E-state index in [2.05, 4.69) is 4.98 Å². The molecule has 0 aliphatic carbocycles. The van der Waals surface area contributed by atoms with E-state index >= 15 is 0 Å². The van der Waals surface area contributed by atoms with Crippen molar-refractivity contribution in [3.63, 3.8) is 0 Å². The maximum Gasteiger partial charge on any atom is 0.268 e. The molecule has 3 N–H and O–H groups in total. The number of nitriles is 2. The molecule has 0 unspecified atom stereocenters. The fourth-order valence-corrected chi connectivity index (χ4v) is 2.25. The Kier molecular flexibility index (Phi) is 5.20. The molecule has 0 saturated heterocycles. The summed E-state index contributed by atoms with van der Waals surface area (Å²) in [6, 6.07) is 10.8. The molecule has 0 aliphatic heterocycles. The number of pyridine rings is 1. The zero-order chi connectivity index (χ0) is 17.7. The van der Waals surface area contributed by atoms with Gasteiger partial charge in [-0.1, -0.05) is 18.2 Å². The summed E-state index contributed by atoms with van der Waals surface area (Å²) in [6.45, 7) is 1.12.